The van der Waals surface area contributed by atoms with Gasteiger partial charge in [-0.2, -0.15) is 8.42 Å². The molecule has 1 atom stereocenters. The van der Waals surface area contributed by atoms with Crippen LogP contribution in [0.1, 0.15) is 0 Å². The Labute approximate surface area is 212 Å². The molecular weight excluding hydrogens is 499 g/mol. The number of benzene rings is 4. The van der Waals surface area contributed by atoms with E-state index in [1.165, 1.54) is 6.07 Å². The van der Waals surface area contributed by atoms with Crippen LogP contribution in [0.15, 0.2) is 89.8 Å². The highest BCUT2D eigenvalue weighted by Crippen LogP contribution is 2.40. The first-order valence-electron chi connectivity index (χ1n) is 10.9. The summed E-state index contributed by atoms with van der Waals surface area (Å²) >= 11 is 0. The summed E-state index contributed by atoms with van der Waals surface area (Å²) in [4.78, 5) is -0.219. The van der Waals surface area contributed by atoms with Crippen molar-refractivity contribution in [1.82, 2.24) is 0 Å². The predicted octanol–water partition coefficient (Wildman–Crippen LogP) is 5.05. The molecule has 4 aromatic rings. The Bertz CT molecular complexity index is 1450. The third-order valence-electron chi connectivity index (χ3n) is 5.41. The average Bonchev–Trinajstić information content (AvgIpc) is 2.89. The molecule has 0 heterocycles. The maximum absolute atomic E-state index is 12.5. The standard InChI is InChI=1S/C27H25O7PS/c1-31-19-16-22(32-2)27(23(17-19)33-3)35-24-14-9-15-25(36(28,29)30)26(24)20-12-7-8-13-21(20)34-18-10-5-4-6-11-18/h4-17,35H,1-3H3,(H,28,29,30). The lowest BCUT2D eigenvalue weighted by Crippen LogP contribution is -2.15. The van der Waals surface area contributed by atoms with Crippen LogP contribution in [-0.4, -0.2) is 34.3 Å². The fourth-order valence-electron chi connectivity index (χ4n) is 3.77. The van der Waals surface area contributed by atoms with Gasteiger partial charge >= 0.3 is 0 Å². The minimum Gasteiger partial charge on any atom is -0.496 e. The maximum Gasteiger partial charge on any atom is 0.295 e. The first kappa shape index (κ1) is 25.5. The summed E-state index contributed by atoms with van der Waals surface area (Å²) in [5.41, 5.74) is 0.855. The predicted molar refractivity (Wildman–Crippen MR) is 142 cm³/mol. The molecule has 0 aliphatic carbocycles. The Morgan fingerprint density at radius 3 is 1.94 bits per heavy atom. The lowest BCUT2D eigenvalue weighted by Gasteiger charge is -2.19. The van der Waals surface area contributed by atoms with E-state index in [4.69, 9.17) is 18.9 Å². The summed E-state index contributed by atoms with van der Waals surface area (Å²) < 4.78 is 57.8. The summed E-state index contributed by atoms with van der Waals surface area (Å²) in [7, 11) is -0.0146. The molecule has 0 bridgehead atoms. The molecule has 9 heteroatoms. The maximum atomic E-state index is 12.5. The monoisotopic (exact) mass is 524 g/mol. The normalized spacial score (nSPS) is 11.4. The van der Waals surface area contributed by atoms with Crippen LogP contribution in [0.4, 0.5) is 0 Å². The van der Waals surface area contributed by atoms with Crippen molar-refractivity contribution < 1.29 is 31.9 Å². The Kier molecular flexibility index (Phi) is 7.79. The molecule has 4 rings (SSSR count). The molecule has 0 spiro atoms. The number of rotatable bonds is 9. The Morgan fingerprint density at radius 1 is 0.694 bits per heavy atom. The minimum atomic E-state index is -4.56. The Balaban J connectivity index is 1.93. The lowest BCUT2D eigenvalue weighted by atomic mass is 10.0. The molecule has 186 valence electrons. The van der Waals surface area contributed by atoms with E-state index in [9.17, 15) is 13.0 Å². The van der Waals surface area contributed by atoms with Gasteiger partial charge in [-0.1, -0.05) is 57.1 Å². The molecule has 0 amide bonds. The van der Waals surface area contributed by atoms with Crippen molar-refractivity contribution in [3.05, 3.63) is 84.9 Å². The van der Waals surface area contributed by atoms with Crippen molar-refractivity contribution in [3.63, 3.8) is 0 Å². The number of methoxy groups -OCH3 is 3. The van der Waals surface area contributed by atoms with Gasteiger partial charge in [-0.3, -0.25) is 4.55 Å². The van der Waals surface area contributed by atoms with E-state index in [0.29, 0.717) is 45.2 Å². The van der Waals surface area contributed by atoms with E-state index in [1.54, 1.807) is 75.9 Å². The van der Waals surface area contributed by atoms with Crippen molar-refractivity contribution >= 4 is 29.3 Å². The summed E-state index contributed by atoms with van der Waals surface area (Å²) in [6.07, 6.45) is 0. The summed E-state index contributed by atoms with van der Waals surface area (Å²) in [5.74, 6) is 2.66. The van der Waals surface area contributed by atoms with Gasteiger partial charge in [0.25, 0.3) is 10.1 Å². The zero-order valence-corrected chi connectivity index (χ0v) is 21.7. The highest BCUT2D eigenvalue weighted by atomic mass is 32.2. The quantitative estimate of drug-likeness (QED) is 0.242. The molecule has 0 radical (unpaired) electrons. The third kappa shape index (κ3) is 5.46. The summed E-state index contributed by atoms with van der Waals surface area (Å²) in [6, 6.07) is 24.5. The lowest BCUT2D eigenvalue weighted by molar-refractivity contribution is 0.380. The van der Waals surface area contributed by atoms with Gasteiger partial charge in [0, 0.05) is 23.3 Å². The summed E-state index contributed by atoms with van der Waals surface area (Å²) in [6.45, 7) is 0. The van der Waals surface area contributed by atoms with Gasteiger partial charge in [0.15, 0.2) is 0 Å². The second-order valence-electron chi connectivity index (χ2n) is 7.60. The van der Waals surface area contributed by atoms with Crippen LogP contribution in [0.2, 0.25) is 0 Å². The van der Waals surface area contributed by atoms with Gasteiger partial charge in [0.2, 0.25) is 0 Å². The van der Waals surface area contributed by atoms with Crippen LogP contribution < -0.4 is 29.6 Å². The molecule has 1 N–H and O–H groups in total. The fourth-order valence-corrected chi connectivity index (χ4v) is 6.03. The Hall–Kier alpha value is -3.58. The Morgan fingerprint density at radius 2 is 1.33 bits per heavy atom. The molecule has 0 aliphatic heterocycles. The highest BCUT2D eigenvalue weighted by Gasteiger charge is 2.24. The molecule has 0 aromatic heterocycles. The molecule has 0 aliphatic rings. The first-order valence-corrected chi connectivity index (χ1v) is 13.3. The zero-order valence-electron chi connectivity index (χ0n) is 19.9. The molecule has 0 saturated carbocycles. The van der Waals surface area contributed by atoms with Gasteiger partial charge in [-0.25, -0.2) is 0 Å². The topological polar surface area (TPSA) is 91.3 Å². The molecule has 7 nitrogen and oxygen atoms in total. The van der Waals surface area contributed by atoms with Crippen molar-refractivity contribution in [2.24, 2.45) is 0 Å². The van der Waals surface area contributed by atoms with E-state index in [2.05, 4.69) is 0 Å². The van der Waals surface area contributed by atoms with Crippen LogP contribution in [0.25, 0.3) is 11.1 Å². The molecule has 0 saturated heterocycles. The minimum absolute atomic E-state index is 0.0868. The molecular formula is C27H25O7PS. The largest absolute Gasteiger partial charge is 0.496 e. The average molecular weight is 525 g/mol. The van der Waals surface area contributed by atoms with E-state index in [1.807, 2.05) is 24.3 Å². The van der Waals surface area contributed by atoms with Crippen LogP contribution >= 0.6 is 8.58 Å². The van der Waals surface area contributed by atoms with Gasteiger partial charge < -0.3 is 18.9 Å². The molecule has 4 aromatic carbocycles. The SMILES string of the molecule is COc1cc(OC)c(Pc2cccc(S(=O)(=O)O)c2-c2ccccc2Oc2ccccc2)c(OC)c1. The van der Waals surface area contributed by atoms with Gasteiger partial charge in [0.05, 0.1) is 26.6 Å². The highest BCUT2D eigenvalue weighted by molar-refractivity contribution is 7.86. The van der Waals surface area contributed by atoms with Gasteiger partial charge in [-0.05, 0) is 29.6 Å². The van der Waals surface area contributed by atoms with Crippen molar-refractivity contribution in [2.75, 3.05) is 21.3 Å². The van der Waals surface area contributed by atoms with Crippen LogP contribution in [-0.2, 0) is 10.1 Å². The fraction of sp³-hybridized carbons (Fsp3) is 0.111. The molecule has 0 fully saturated rings. The summed E-state index contributed by atoms with van der Waals surface area (Å²) in [5, 5.41) is 1.37. The number of para-hydroxylation sites is 2. The van der Waals surface area contributed by atoms with Gasteiger partial charge in [0.1, 0.15) is 33.6 Å². The smallest absolute Gasteiger partial charge is 0.295 e. The number of hydrogen-bond donors (Lipinski definition) is 1. The van der Waals surface area contributed by atoms with Crippen molar-refractivity contribution in [2.45, 2.75) is 4.90 Å². The number of hydrogen-bond acceptors (Lipinski definition) is 6. The van der Waals surface area contributed by atoms with Crippen molar-refractivity contribution in [1.29, 1.82) is 0 Å². The van der Waals surface area contributed by atoms with Crippen LogP contribution in [0.3, 0.4) is 0 Å². The zero-order chi connectivity index (χ0) is 25.7. The van der Waals surface area contributed by atoms with Crippen LogP contribution in [0, 0.1) is 0 Å². The van der Waals surface area contributed by atoms with E-state index >= 15 is 0 Å². The molecule has 36 heavy (non-hydrogen) atoms. The van der Waals surface area contributed by atoms with E-state index < -0.39 is 10.1 Å². The van der Waals surface area contributed by atoms with E-state index in [0.717, 1.165) is 5.30 Å². The molecule has 1 unspecified atom stereocenters. The third-order valence-corrected chi connectivity index (χ3v) is 7.73. The second kappa shape index (κ2) is 11.0. The van der Waals surface area contributed by atoms with Gasteiger partial charge in [-0.15, -0.1) is 0 Å². The van der Waals surface area contributed by atoms with Crippen LogP contribution in [0.5, 0.6) is 28.7 Å². The second-order valence-corrected chi connectivity index (χ2v) is 10.3. The first-order chi connectivity index (χ1) is 17.4. The van der Waals surface area contributed by atoms with E-state index in [-0.39, 0.29) is 13.5 Å². The number of ether oxygens (including phenoxy) is 4. The van der Waals surface area contributed by atoms with Crippen molar-refractivity contribution in [3.8, 4) is 39.9 Å².